The van der Waals surface area contributed by atoms with E-state index in [-0.39, 0.29) is 17.0 Å². The fourth-order valence-corrected chi connectivity index (χ4v) is 5.20. The quantitative estimate of drug-likeness (QED) is 0.151. The maximum atomic E-state index is 12.4. The van der Waals surface area contributed by atoms with Crippen LogP contribution in [0.5, 0.6) is 5.75 Å². The third-order valence-electron chi connectivity index (χ3n) is 7.04. The molecule has 0 radical (unpaired) electrons. The molecule has 1 aromatic heterocycles. The molecule has 2 N–H and O–H groups in total. The van der Waals surface area contributed by atoms with Crippen LogP contribution in [0.1, 0.15) is 27.3 Å². The van der Waals surface area contributed by atoms with Gasteiger partial charge in [0.05, 0.1) is 29.1 Å². The van der Waals surface area contributed by atoms with Gasteiger partial charge in [0.15, 0.2) is 6.61 Å². The number of nitrogens with zero attached hydrogens (tertiary/aromatic N) is 2. The molecule has 246 valence electrons. The molecule has 8 nitrogen and oxygen atoms in total. The number of methoxy groups -OCH3 is 1. The molecular weight excluding hydrogens is 670 g/mol. The van der Waals surface area contributed by atoms with Gasteiger partial charge < -0.3 is 19.1 Å². The van der Waals surface area contributed by atoms with E-state index in [2.05, 4.69) is 10.1 Å². The van der Waals surface area contributed by atoms with E-state index in [1.54, 1.807) is 54.6 Å². The van der Waals surface area contributed by atoms with E-state index < -0.39 is 24.8 Å². The topological polar surface area (TPSA) is 103 Å². The monoisotopic (exact) mass is 695 g/mol. The number of imidazole rings is 1. The van der Waals surface area contributed by atoms with Crippen molar-refractivity contribution >= 4 is 53.1 Å². The van der Waals surface area contributed by atoms with Gasteiger partial charge in [-0.2, -0.15) is 13.2 Å². The maximum absolute atomic E-state index is 12.4. The lowest BCUT2D eigenvalue weighted by Gasteiger charge is -2.13. The number of carboxylic acid groups (broad SMARTS) is 1. The molecule has 5 aromatic rings. The zero-order chi connectivity index (χ0) is 34.4. The third kappa shape index (κ3) is 8.75. The SMILES string of the molecule is COc1cc(-c2ccc(C=Cc3nc(-c4ccc(Cl)cc4Cl)cn3Cc3ccc(C(=O)O)cc3)cc2)ccc1NC(=O)OCC(F)(F)F. The Hall–Kier alpha value is -5.26. The van der Waals surface area contributed by atoms with Crippen molar-refractivity contribution in [3.05, 3.63) is 124 Å². The number of carboxylic acids is 1. The van der Waals surface area contributed by atoms with E-state index in [4.69, 9.17) is 32.9 Å². The first-order valence-electron chi connectivity index (χ1n) is 14.2. The molecule has 0 atom stereocenters. The summed E-state index contributed by atoms with van der Waals surface area (Å²) in [5.41, 5.74) is 4.98. The Morgan fingerprint density at radius 3 is 2.29 bits per heavy atom. The number of alkyl halides is 3. The molecule has 0 unspecified atom stereocenters. The zero-order valence-electron chi connectivity index (χ0n) is 25.1. The fourth-order valence-electron chi connectivity index (χ4n) is 4.69. The van der Waals surface area contributed by atoms with Crippen LogP contribution in [0.25, 0.3) is 34.5 Å². The van der Waals surface area contributed by atoms with E-state index in [1.165, 1.54) is 13.2 Å². The molecule has 13 heteroatoms. The molecule has 0 aliphatic heterocycles. The summed E-state index contributed by atoms with van der Waals surface area (Å²) in [5, 5.41) is 12.5. The van der Waals surface area contributed by atoms with Gasteiger partial charge in [-0.1, -0.05) is 71.7 Å². The lowest BCUT2D eigenvalue weighted by Crippen LogP contribution is -2.23. The van der Waals surface area contributed by atoms with Gasteiger partial charge in [-0.15, -0.1) is 0 Å². The van der Waals surface area contributed by atoms with Crippen molar-refractivity contribution in [3.8, 4) is 28.1 Å². The summed E-state index contributed by atoms with van der Waals surface area (Å²) in [4.78, 5) is 27.9. The molecule has 1 amide bonds. The summed E-state index contributed by atoms with van der Waals surface area (Å²) in [6.45, 7) is -1.29. The molecule has 0 aliphatic carbocycles. The van der Waals surface area contributed by atoms with Crippen molar-refractivity contribution < 1.29 is 37.3 Å². The van der Waals surface area contributed by atoms with Crippen molar-refractivity contribution in [1.82, 2.24) is 9.55 Å². The Kier molecular flexibility index (Phi) is 10.4. The Morgan fingerprint density at radius 2 is 1.65 bits per heavy atom. The maximum Gasteiger partial charge on any atom is 0.422 e. The second-order valence-electron chi connectivity index (χ2n) is 10.4. The van der Waals surface area contributed by atoms with Crippen LogP contribution in [0.3, 0.4) is 0 Å². The lowest BCUT2D eigenvalue weighted by molar-refractivity contribution is -0.159. The number of benzene rings is 4. The van der Waals surface area contributed by atoms with Crippen molar-refractivity contribution in [3.63, 3.8) is 0 Å². The number of carbonyl (C=O) groups is 2. The summed E-state index contributed by atoms with van der Waals surface area (Å²) in [6.07, 6.45) is -0.279. The number of nitrogens with one attached hydrogen (secondary N) is 1. The van der Waals surface area contributed by atoms with Gasteiger partial charge in [0.2, 0.25) is 0 Å². The highest BCUT2D eigenvalue weighted by Crippen LogP contribution is 2.33. The van der Waals surface area contributed by atoms with Crippen LogP contribution in [0.15, 0.2) is 91.1 Å². The van der Waals surface area contributed by atoms with E-state index in [0.29, 0.717) is 33.7 Å². The number of amides is 1. The summed E-state index contributed by atoms with van der Waals surface area (Å²) < 4.78 is 48.5. The number of aromatic carboxylic acids is 1. The normalized spacial score (nSPS) is 11.5. The van der Waals surface area contributed by atoms with Crippen molar-refractivity contribution in [2.75, 3.05) is 19.0 Å². The second-order valence-corrected chi connectivity index (χ2v) is 11.3. The highest BCUT2D eigenvalue weighted by atomic mass is 35.5. The third-order valence-corrected chi connectivity index (χ3v) is 7.59. The molecule has 0 aliphatic rings. The number of rotatable bonds is 10. The minimum Gasteiger partial charge on any atom is -0.495 e. The number of ether oxygens (including phenoxy) is 2. The lowest BCUT2D eigenvalue weighted by atomic mass is 10.0. The van der Waals surface area contributed by atoms with Gasteiger partial charge in [0, 0.05) is 23.3 Å². The molecule has 4 aromatic carbocycles. The Balaban J connectivity index is 1.36. The highest BCUT2D eigenvalue weighted by Gasteiger charge is 2.29. The zero-order valence-corrected chi connectivity index (χ0v) is 26.6. The summed E-state index contributed by atoms with van der Waals surface area (Å²) in [5.74, 6) is -0.137. The van der Waals surface area contributed by atoms with Crippen molar-refractivity contribution in [2.24, 2.45) is 0 Å². The molecule has 0 spiro atoms. The van der Waals surface area contributed by atoms with Gasteiger partial charge >= 0.3 is 18.2 Å². The average Bonchev–Trinajstić information content (AvgIpc) is 3.45. The fraction of sp³-hybridized carbons (Fsp3) is 0.114. The highest BCUT2D eigenvalue weighted by molar-refractivity contribution is 6.36. The van der Waals surface area contributed by atoms with Crippen molar-refractivity contribution in [2.45, 2.75) is 12.7 Å². The molecule has 0 saturated carbocycles. The molecule has 5 rings (SSSR count). The van der Waals surface area contributed by atoms with E-state index in [0.717, 1.165) is 22.3 Å². The van der Waals surface area contributed by atoms with Crippen LogP contribution in [-0.4, -0.2) is 46.6 Å². The van der Waals surface area contributed by atoms with E-state index in [9.17, 15) is 27.9 Å². The average molecular weight is 697 g/mol. The minimum absolute atomic E-state index is 0.153. The van der Waals surface area contributed by atoms with Crippen molar-refractivity contribution in [1.29, 1.82) is 0 Å². The first kappa shape index (κ1) is 34.1. The first-order chi connectivity index (χ1) is 22.9. The van der Waals surface area contributed by atoms with Gasteiger partial charge in [-0.05, 0) is 70.8 Å². The second kappa shape index (κ2) is 14.7. The summed E-state index contributed by atoms with van der Waals surface area (Å²) in [7, 11) is 1.38. The Labute approximate surface area is 283 Å². The number of hydrogen-bond donors (Lipinski definition) is 2. The smallest absolute Gasteiger partial charge is 0.422 e. The van der Waals surface area contributed by atoms with E-state index >= 15 is 0 Å². The van der Waals surface area contributed by atoms with Gasteiger partial charge in [-0.3, -0.25) is 5.32 Å². The minimum atomic E-state index is -4.64. The van der Waals surface area contributed by atoms with Gasteiger partial charge in [0.25, 0.3) is 0 Å². The number of hydrogen-bond acceptors (Lipinski definition) is 5. The summed E-state index contributed by atoms with van der Waals surface area (Å²) >= 11 is 12.6. The molecule has 1 heterocycles. The molecular formula is C35H26Cl2F3N3O5. The standard InChI is InChI=1S/C35H26Cl2F3N3O5/c1-47-31-16-25(11-14-29(31)42-34(46)48-20-35(38,39)40)23-7-2-21(3-8-23)6-15-32-41-30(27-13-12-26(36)17-28(27)37)19-43(32)18-22-4-9-24(10-5-22)33(44)45/h2-17,19H,18,20H2,1H3,(H,42,46)(H,44,45). The molecule has 0 bridgehead atoms. The molecule has 48 heavy (non-hydrogen) atoms. The largest absolute Gasteiger partial charge is 0.495 e. The predicted octanol–water partition coefficient (Wildman–Crippen LogP) is 9.56. The number of aromatic nitrogens is 2. The summed E-state index contributed by atoms with van der Waals surface area (Å²) in [6, 6.07) is 24.2. The van der Waals surface area contributed by atoms with Gasteiger partial charge in [-0.25, -0.2) is 14.6 Å². The van der Waals surface area contributed by atoms with Crippen LogP contribution >= 0.6 is 23.2 Å². The van der Waals surface area contributed by atoms with Crippen LogP contribution in [0.2, 0.25) is 10.0 Å². The van der Waals surface area contributed by atoms with E-state index in [1.807, 2.05) is 47.2 Å². The molecule has 0 fully saturated rings. The Bertz CT molecular complexity index is 1980. The predicted molar refractivity (Wildman–Crippen MR) is 179 cm³/mol. The van der Waals surface area contributed by atoms with Crippen LogP contribution in [0, 0.1) is 0 Å². The number of anilines is 1. The Morgan fingerprint density at radius 1 is 0.938 bits per heavy atom. The van der Waals surface area contributed by atoms with Crippen LogP contribution < -0.4 is 10.1 Å². The number of carbonyl (C=O) groups excluding carboxylic acids is 1. The van der Waals surface area contributed by atoms with Crippen LogP contribution in [0.4, 0.5) is 23.7 Å². The van der Waals surface area contributed by atoms with Crippen LogP contribution in [-0.2, 0) is 11.3 Å². The molecule has 0 saturated heterocycles. The number of halogens is 5. The first-order valence-corrected chi connectivity index (χ1v) is 15.0. The van der Waals surface area contributed by atoms with Gasteiger partial charge in [0.1, 0.15) is 11.6 Å².